The predicted octanol–water partition coefficient (Wildman–Crippen LogP) is 3.42. The highest BCUT2D eigenvalue weighted by molar-refractivity contribution is 5.80. The van der Waals surface area contributed by atoms with E-state index in [9.17, 15) is 4.79 Å². The molecule has 0 unspecified atom stereocenters. The Hall–Kier alpha value is -2.69. The highest BCUT2D eigenvalue weighted by Gasteiger charge is 2.18. The van der Waals surface area contributed by atoms with E-state index in [4.69, 9.17) is 9.47 Å². The number of carbonyl (C=O) groups is 1. The first-order valence-corrected chi connectivity index (χ1v) is 9.59. The van der Waals surface area contributed by atoms with E-state index in [0.29, 0.717) is 18.0 Å². The molecular weight excluding hydrogens is 340 g/mol. The Morgan fingerprint density at radius 1 is 1.15 bits per heavy atom. The van der Waals surface area contributed by atoms with Crippen LogP contribution in [0, 0.1) is 0 Å². The molecule has 0 aromatic heterocycles. The lowest BCUT2D eigenvalue weighted by atomic mass is 10.0. The van der Waals surface area contributed by atoms with Crippen molar-refractivity contribution >= 4 is 11.6 Å². The van der Waals surface area contributed by atoms with Gasteiger partial charge >= 0.3 is 0 Å². The summed E-state index contributed by atoms with van der Waals surface area (Å²) in [6.07, 6.45) is 2.67. The SMILES string of the molecule is COc1ccccc1O[C@@H](C)C(=O)NCCCN1CCCc2ccccc21. The molecule has 2 aromatic carbocycles. The molecule has 1 atom stereocenters. The summed E-state index contributed by atoms with van der Waals surface area (Å²) in [7, 11) is 1.59. The Balaban J connectivity index is 1.43. The lowest BCUT2D eigenvalue weighted by Crippen LogP contribution is -2.38. The van der Waals surface area contributed by atoms with Gasteiger partial charge in [0.05, 0.1) is 7.11 Å². The number of amides is 1. The molecule has 0 saturated heterocycles. The summed E-state index contributed by atoms with van der Waals surface area (Å²) < 4.78 is 11.0. The monoisotopic (exact) mass is 368 g/mol. The van der Waals surface area contributed by atoms with Crippen LogP contribution in [-0.2, 0) is 11.2 Å². The molecule has 0 aliphatic carbocycles. The molecule has 1 N–H and O–H groups in total. The lowest BCUT2D eigenvalue weighted by Gasteiger charge is -2.31. The molecule has 144 valence electrons. The first-order valence-electron chi connectivity index (χ1n) is 9.59. The fraction of sp³-hybridized carbons (Fsp3) is 0.409. The number of fused-ring (bicyclic) bond motifs is 1. The Labute approximate surface area is 161 Å². The number of methoxy groups -OCH3 is 1. The van der Waals surface area contributed by atoms with E-state index in [-0.39, 0.29) is 5.91 Å². The van der Waals surface area contributed by atoms with Gasteiger partial charge in [0.25, 0.3) is 5.91 Å². The fourth-order valence-corrected chi connectivity index (χ4v) is 3.43. The van der Waals surface area contributed by atoms with Crippen LogP contribution in [-0.4, -0.2) is 38.8 Å². The molecule has 2 aromatic rings. The van der Waals surface area contributed by atoms with E-state index in [0.717, 1.165) is 25.9 Å². The zero-order chi connectivity index (χ0) is 19.1. The van der Waals surface area contributed by atoms with Crippen LogP contribution in [0.4, 0.5) is 5.69 Å². The summed E-state index contributed by atoms with van der Waals surface area (Å²) in [5, 5.41) is 2.97. The maximum absolute atomic E-state index is 12.3. The summed E-state index contributed by atoms with van der Waals surface area (Å²) >= 11 is 0. The fourth-order valence-electron chi connectivity index (χ4n) is 3.43. The number of benzene rings is 2. The number of aryl methyl sites for hydroxylation is 1. The topological polar surface area (TPSA) is 50.8 Å². The first-order chi connectivity index (χ1) is 13.2. The highest BCUT2D eigenvalue weighted by atomic mass is 16.5. The number of anilines is 1. The van der Waals surface area contributed by atoms with Crippen LogP contribution in [0.2, 0.25) is 0 Å². The maximum atomic E-state index is 12.3. The molecule has 1 heterocycles. The van der Waals surface area contributed by atoms with E-state index in [1.807, 2.05) is 18.2 Å². The average molecular weight is 368 g/mol. The van der Waals surface area contributed by atoms with Crippen molar-refractivity contribution in [2.75, 3.05) is 31.6 Å². The smallest absolute Gasteiger partial charge is 0.260 e. The molecule has 27 heavy (non-hydrogen) atoms. The maximum Gasteiger partial charge on any atom is 0.260 e. The van der Waals surface area contributed by atoms with Gasteiger partial charge in [-0.05, 0) is 49.9 Å². The van der Waals surface area contributed by atoms with Gasteiger partial charge in [-0.3, -0.25) is 4.79 Å². The molecule has 0 saturated carbocycles. The highest BCUT2D eigenvalue weighted by Crippen LogP contribution is 2.27. The first kappa shape index (κ1) is 19.1. The normalized spacial score (nSPS) is 14.2. The van der Waals surface area contributed by atoms with Crippen LogP contribution in [0.3, 0.4) is 0 Å². The number of ether oxygens (including phenoxy) is 2. The quantitative estimate of drug-likeness (QED) is 0.726. The Morgan fingerprint density at radius 2 is 1.89 bits per heavy atom. The van der Waals surface area contributed by atoms with Gasteiger partial charge in [-0.1, -0.05) is 30.3 Å². The van der Waals surface area contributed by atoms with Crippen molar-refractivity contribution in [2.24, 2.45) is 0 Å². The van der Waals surface area contributed by atoms with Gasteiger partial charge in [0.15, 0.2) is 17.6 Å². The molecule has 0 radical (unpaired) electrons. The van der Waals surface area contributed by atoms with Gasteiger partial charge in [-0.2, -0.15) is 0 Å². The Morgan fingerprint density at radius 3 is 2.70 bits per heavy atom. The van der Waals surface area contributed by atoms with Crippen molar-refractivity contribution in [3.05, 3.63) is 54.1 Å². The zero-order valence-electron chi connectivity index (χ0n) is 16.1. The van der Waals surface area contributed by atoms with Crippen LogP contribution < -0.4 is 19.7 Å². The number of hydrogen-bond acceptors (Lipinski definition) is 4. The number of nitrogens with one attached hydrogen (secondary N) is 1. The van der Waals surface area contributed by atoms with Crippen molar-refractivity contribution in [1.82, 2.24) is 5.32 Å². The molecule has 1 aliphatic rings. The van der Waals surface area contributed by atoms with Crippen molar-refractivity contribution in [3.63, 3.8) is 0 Å². The van der Waals surface area contributed by atoms with Gasteiger partial charge in [0.1, 0.15) is 0 Å². The van der Waals surface area contributed by atoms with E-state index in [1.165, 1.54) is 17.7 Å². The summed E-state index contributed by atoms with van der Waals surface area (Å²) in [4.78, 5) is 14.7. The molecule has 3 rings (SSSR count). The largest absolute Gasteiger partial charge is 0.493 e. The molecule has 0 spiro atoms. The van der Waals surface area contributed by atoms with Crippen LogP contribution in [0.5, 0.6) is 11.5 Å². The minimum Gasteiger partial charge on any atom is -0.493 e. The number of carbonyl (C=O) groups excluding carboxylic acids is 1. The number of nitrogens with zero attached hydrogens (tertiary/aromatic N) is 1. The number of rotatable bonds is 8. The van der Waals surface area contributed by atoms with E-state index in [1.54, 1.807) is 20.1 Å². The second-order valence-corrected chi connectivity index (χ2v) is 6.77. The van der Waals surface area contributed by atoms with Crippen molar-refractivity contribution in [3.8, 4) is 11.5 Å². The lowest BCUT2D eigenvalue weighted by molar-refractivity contribution is -0.127. The third-order valence-electron chi connectivity index (χ3n) is 4.85. The second-order valence-electron chi connectivity index (χ2n) is 6.77. The molecule has 0 bridgehead atoms. The van der Waals surface area contributed by atoms with Gasteiger partial charge in [-0.15, -0.1) is 0 Å². The van der Waals surface area contributed by atoms with E-state index in [2.05, 4.69) is 34.5 Å². The standard InChI is InChI=1S/C22H28N2O3/c1-17(27-21-13-6-5-12-20(21)26-2)22(25)23-14-8-16-24-15-7-10-18-9-3-4-11-19(18)24/h3-6,9,11-13,17H,7-8,10,14-16H2,1-2H3,(H,23,25)/t17-/m0/s1. The predicted molar refractivity (Wildman–Crippen MR) is 108 cm³/mol. The van der Waals surface area contributed by atoms with Gasteiger partial charge in [0, 0.05) is 25.3 Å². The average Bonchev–Trinajstić information content (AvgIpc) is 2.71. The molecule has 1 amide bonds. The summed E-state index contributed by atoms with van der Waals surface area (Å²) in [6.45, 7) is 4.41. The number of hydrogen-bond donors (Lipinski definition) is 1. The third-order valence-corrected chi connectivity index (χ3v) is 4.85. The summed E-state index contributed by atoms with van der Waals surface area (Å²) in [6, 6.07) is 15.9. The zero-order valence-corrected chi connectivity index (χ0v) is 16.1. The third kappa shape index (κ3) is 4.94. The van der Waals surface area contributed by atoms with Crippen LogP contribution in [0.1, 0.15) is 25.3 Å². The second kappa shape index (κ2) is 9.31. The minimum atomic E-state index is -0.572. The van der Waals surface area contributed by atoms with Crippen molar-refractivity contribution < 1.29 is 14.3 Å². The van der Waals surface area contributed by atoms with Gasteiger partial charge in [0.2, 0.25) is 0 Å². The van der Waals surface area contributed by atoms with Crippen molar-refractivity contribution in [2.45, 2.75) is 32.3 Å². The number of para-hydroxylation sites is 3. The Bertz CT molecular complexity index is 763. The molecule has 5 heteroatoms. The molecular formula is C22H28N2O3. The van der Waals surface area contributed by atoms with Crippen LogP contribution >= 0.6 is 0 Å². The summed E-state index contributed by atoms with van der Waals surface area (Å²) in [5.74, 6) is 1.09. The van der Waals surface area contributed by atoms with Gasteiger partial charge < -0.3 is 19.7 Å². The van der Waals surface area contributed by atoms with Crippen LogP contribution in [0.15, 0.2) is 48.5 Å². The minimum absolute atomic E-state index is 0.111. The molecule has 5 nitrogen and oxygen atoms in total. The van der Waals surface area contributed by atoms with Gasteiger partial charge in [-0.25, -0.2) is 0 Å². The van der Waals surface area contributed by atoms with E-state index < -0.39 is 6.10 Å². The van der Waals surface area contributed by atoms with Crippen LogP contribution in [0.25, 0.3) is 0 Å². The van der Waals surface area contributed by atoms with E-state index >= 15 is 0 Å². The summed E-state index contributed by atoms with van der Waals surface area (Å²) in [5.41, 5.74) is 2.76. The molecule has 1 aliphatic heterocycles. The Kier molecular flexibility index (Phi) is 6.58. The van der Waals surface area contributed by atoms with Crippen molar-refractivity contribution in [1.29, 1.82) is 0 Å². The molecule has 0 fully saturated rings.